The van der Waals surface area contributed by atoms with Crippen molar-refractivity contribution in [1.29, 1.82) is 0 Å². The summed E-state index contributed by atoms with van der Waals surface area (Å²) in [6.45, 7) is 0.680. The van der Waals surface area contributed by atoms with Crippen LogP contribution in [0.5, 0.6) is 0 Å². The number of fused-ring (bicyclic) bond motifs is 1. The average molecular weight is 358 g/mol. The van der Waals surface area contributed by atoms with E-state index >= 15 is 0 Å². The highest BCUT2D eigenvalue weighted by Gasteiger charge is 2.30. The van der Waals surface area contributed by atoms with Gasteiger partial charge >= 0.3 is 0 Å². The molecular weight excluding hydrogens is 336 g/mol. The third-order valence-corrected chi connectivity index (χ3v) is 7.20. The first-order valence-electron chi connectivity index (χ1n) is 7.85. The molecule has 0 amide bonds. The van der Waals surface area contributed by atoms with Gasteiger partial charge in [0.15, 0.2) is 0 Å². The molecule has 1 aliphatic carbocycles. The van der Waals surface area contributed by atoms with Gasteiger partial charge in [-0.3, -0.25) is 0 Å². The molecule has 1 fully saturated rings. The summed E-state index contributed by atoms with van der Waals surface area (Å²) in [5.74, 6) is 0. The Labute approximate surface area is 138 Å². The zero-order valence-electron chi connectivity index (χ0n) is 13.2. The Morgan fingerprint density at radius 3 is 2.35 bits per heavy atom. The molecule has 23 heavy (non-hydrogen) atoms. The molecule has 1 heterocycles. The summed E-state index contributed by atoms with van der Waals surface area (Å²) in [5.41, 5.74) is 2.39. The Bertz CT molecular complexity index is 795. The minimum Gasteiger partial charge on any atom is -0.213 e. The second-order valence-corrected chi connectivity index (χ2v) is 10.1. The zero-order valence-corrected chi connectivity index (χ0v) is 14.8. The lowest BCUT2D eigenvalue weighted by atomic mass is 10.1. The number of benzene rings is 1. The number of hydrogen-bond acceptors (Lipinski definition) is 4. The molecule has 1 N–H and O–H groups in total. The van der Waals surface area contributed by atoms with E-state index in [1.165, 1.54) is 9.87 Å². The van der Waals surface area contributed by atoms with E-state index < -0.39 is 20.0 Å². The number of hydrogen-bond donors (Lipinski definition) is 1. The van der Waals surface area contributed by atoms with Gasteiger partial charge in [-0.1, -0.05) is 6.07 Å². The van der Waals surface area contributed by atoms with Crippen LogP contribution in [0.1, 0.15) is 30.4 Å². The Morgan fingerprint density at radius 2 is 1.70 bits per heavy atom. The van der Waals surface area contributed by atoms with E-state index in [2.05, 4.69) is 4.72 Å². The summed E-state index contributed by atoms with van der Waals surface area (Å²) < 4.78 is 52.1. The van der Waals surface area contributed by atoms with Gasteiger partial charge in [0.1, 0.15) is 0 Å². The molecule has 1 aromatic carbocycles. The summed E-state index contributed by atoms with van der Waals surface area (Å²) >= 11 is 0. The molecule has 0 atom stereocenters. The fraction of sp³-hybridized carbons (Fsp3) is 0.600. The van der Waals surface area contributed by atoms with Gasteiger partial charge in [0.25, 0.3) is 0 Å². The molecule has 1 aliphatic heterocycles. The molecule has 0 aromatic heterocycles. The predicted molar refractivity (Wildman–Crippen MR) is 88.2 cm³/mol. The molecule has 8 heteroatoms. The highest BCUT2D eigenvalue weighted by atomic mass is 32.2. The van der Waals surface area contributed by atoms with Crippen LogP contribution in [-0.4, -0.2) is 46.5 Å². The van der Waals surface area contributed by atoms with E-state index in [1.54, 1.807) is 12.1 Å². The molecule has 0 bridgehead atoms. The lowest BCUT2D eigenvalue weighted by molar-refractivity contribution is 0.309. The van der Waals surface area contributed by atoms with E-state index in [0.29, 0.717) is 30.8 Å². The SMILES string of the molecule is CS(=O)(=O)NC1CCN(S(=O)(=O)c2ccc3c(c2)CCC3)CC1. The van der Waals surface area contributed by atoms with Crippen molar-refractivity contribution >= 4 is 20.0 Å². The van der Waals surface area contributed by atoms with E-state index in [9.17, 15) is 16.8 Å². The summed E-state index contributed by atoms with van der Waals surface area (Å²) in [4.78, 5) is 0.354. The summed E-state index contributed by atoms with van der Waals surface area (Å²) in [6, 6.07) is 5.24. The van der Waals surface area contributed by atoms with Gasteiger partial charge in [0.05, 0.1) is 11.2 Å². The van der Waals surface area contributed by atoms with Crippen LogP contribution in [0.2, 0.25) is 0 Å². The molecule has 0 radical (unpaired) electrons. The summed E-state index contributed by atoms with van der Waals surface area (Å²) in [6.07, 6.45) is 5.17. The Morgan fingerprint density at radius 1 is 1.04 bits per heavy atom. The van der Waals surface area contributed by atoms with Crippen molar-refractivity contribution in [3.8, 4) is 0 Å². The highest BCUT2D eigenvalue weighted by molar-refractivity contribution is 7.89. The van der Waals surface area contributed by atoms with Crippen molar-refractivity contribution in [3.05, 3.63) is 29.3 Å². The van der Waals surface area contributed by atoms with Crippen LogP contribution < -0.4 is 4.72 Å². The molecular formula is C15H22N2O4S2. The topological polar surface area (TPSA) is 83.6 Å². The standard InChI is InChI=1S/C15H22N2O4S2/c1-22(18,19)16-14-7-9-17(10-8-14)23(20,21)15-6-5-12-3-2-4-13(12)11-15/h5-6,11,14,16H,2-4,7-10H2,1H3. The monoisotopic (exact) mass is 358 g/mol. The second-order valence-electron chi connectivity index (χ2n) is 6.35. The lowest BCUT2D eigenvalue weighted by Gasteiger charge is -2.31. The van der Waals surface area contributed by atoms with Crippen molar-refractivity contribution in [3.63, 3.8) is 0 Å². The maximum Gasteiger partial charge on any atom is 0.243 e. The smallest absolute Gasteiger partial charge is 0.213 e. The predicted octanol–water partition coefficient (Wildman–Crippen LogP) is 0.878. The third kappa shape index (κ3) is 3.76. The third-order valence-electron chi connectivity index (χ3n) is 4.54. The van der Waals surface area contributed by atoms with Crippen LogP contribution in [0.15, 0.2) is 23.1 Å². The van der Waals surface area contributed by atoms with Crippen LogP contribution in [-0.2, 0) is 32.9 Å². The minimum atomic E-state index is -3.49. The number of nitrogens with zero attached hydrogens (tertiary/aromatic N) is 1. The Hall–Kier alpha value is -0.960. The van der Waals surface area contributed by atoms with Crippen molar-refractivity contribution < 1.29 is 16.8 Å². The molecule has 0 spiro atoms. The maximum absolute atomic E-state index is 12.8. The molecule has 1 saturated heterocycles. The first-order chi connectivity index (χ1) is 10.8. The Kier molecular flexibility index (Phi) is 4.52. The van der Waals surface area contributed by atoms with Crippen LogP contribution in [0, 0.1) is 0 Å². The number of piperidine rings is 1. The highest BCUT2D eigenvalue weighted by Crippen LogP contribution is 2.27. The zero-order chi connectivity index (χ0) is 16.7. The number of aryl methyl sites for hydroxylation is 2. The van der Waals surface area contributed by atoms with Crippen molar-refractivity contribution in [2.75, 3.05) is 19.3 Å². The van der Waals surface area contributed by atoms with Crippen molar-refractivity contribution in [2.45, 2.75) is 43.0 Å². The quantitative estimate of drug-likeness (QED) is 0.866. The summed E-state index contributed by atoms with van der Waals surface area (Å²) in [5, 5.41) is 0. The van der Waals surface area contributed by atoms with Crippen LogP contribution >= 0.6 is 0 Å². The van der Waals surface area contributed by atoms with Gasteiger partial charge in [0.2, 0.25) is 20.0 Å². The Balaban J connectivity index is 1.72. The average Bonchev–Trinajstić information content (AvgIpc) is 2.93. The van der Waals surface area contributed by atoms with Gasteiger partial charge in [-0.25, -0.2) is 21.6 Å². The molecule has 2 aliphatic rings. The van der Waals surface area contributed by atoms with Gasteiger partial charge in [0, 0.05) is 19.1 Å². The molecule has 1 aromatic rings. The number of nitrogens with one attached hydrogen (secondary N) is 1. The van der Waals surface area contributed by atoms with Crippen LogP contribution in [0.3, 0.4) is 0 Å². The van der Waals surface area contributed by atoms with Crippen molar-refractivity contribution in [1.82, 2.24) is 9.03 Å². The summed E-state index contributed by atoms with van der Waals surface area (Å²) in [7, 11) is -6.75. The van der Waals surface area contributed by atoms with Gasteiger partial charge < -0.3 is 0 Å². The maximum atomic E-state index is 12.8. The first kappa shape index (κ1) is 16.9. The van der Waals surface area contributed by atoms with E-state index in [0.717, 1.165) is 31.1 Å². The van der Waals surface area contributed by atoms with Crippen LogP contribution in [0.4, 0.5) is 0 Å². The van der Waals surface area contributed by atoms with Gasteiger partial charge in [-0.15, -0.1) is 0 Å². The first-order valence-corrected chi connectivity index (χ1v) is 11.2. The number of rotatable bonds is 4. The van der Waals surface area contributed by atoms with Crippen LogP contribution in [0.25, 0.3) is 0 Å². The number of sulfonamides is 2. The molecule has 0 unspecified atom stereocenters. The molecule has 128 valence electrons. The van der Waals surface area contributed by atoms with E-state index in [4.69, 9.17) is 0 Å². The van der Waals surface area contributed by atoms with Gasteiger partial charge in [-0.05, 0) is 55.4 Å². The minimum absolute atomic E-state index is 0.184. The largest absolute Gasteiger partial charge is 0.243 e. The molecule has 6 nitrogen and oxygen atoms in total. The van der Waals surface area contributed by atoms with Gasteiger partial charge in [-0.2, -0.15) is 4.31 Å². The molecule has 0 saturated carbocycles. The fourth-order valence-electron chi connectivity index (χ4n) is 3.37. The van der Waals surface area contributed by atoms with E-state index in [-0.39, 0.29) is 6.04 Å². The van der Waals surface area contributed by atoms with E-state index in [1.807, 2.05) is 6.07 Å². The normalized spacial score (nSPS) is 20.6. The fourth-order valence-corrected chi connectivity index (χ4v) is 5.74. The lowest BCUT2D eigenvalue weighted by Crippen LogP contribution is -2.46. The second kappa shape index (κ2) is 6.16. The van der Waals surface area contributed by atoms with Crippen molar-refractivity contribution in [2.24, 2.45) is 0 Å². The molecule has 3 rings (SSSR count).